The third-order valence-corrected chi connectivity index (χ3v) is 13.5. The van der Waals surface area contributed by atoms with Crippen molar-refractivity contribution >= 4 is 80.2 Å². The van der Waals surface area contributed by atoms with E-state index in [1.54, 1.807) is 44.2 Å². The summed E-state index contributed by atoms with van der Waals surface area (Å²) in [5, 5.41) is 6.01. The molecule has 0 spiro atoms. The minimum absolute atomic E-state index is 0.0807. The summed E-state index contributed by atoms with van der Waals surface area (Å²) in [5.41, 5.74) is 2.49. The van der Waals surface area contributed by atoms with Crippen LogP contribution in [0.25, 0.3) is 0 Å². The predicted octanol–water partition coefficient (Wildman–Crippen LogP) is 6.60. The molecule has 17 heteroatoms. The van der Waals surface area contributed by atoms with Gasteiger partial charge in [0.05, 0.1) is 41.0 Å². The van der Waals surface area contributed by atoms with E-state index in [1.165, 1.54) is 34.8 Å². The van der Waals surface area contributed by atoms with Crippen molar-refractivity contribution < 1.29 is 57.3 Å². The maximum atomic E-state index is 14.0. The van der Waals surface area contributed by atoms with E-state index >= 15 is 0 Å². The van der Waals surface area contributed by atoms with E-state index in [-0.39, 0.29) is 36.3 Å². The molecule has 2 aromatic heterocycles. The van der Waals surface area contributed by atoms with Gasteiger partial charge in [-0.1, -0.05) is 44.2 Å². The lowest BCUT2D eigenvalue weighted by Crippen LogP contribution is -2.47. The molecule has 2 aromatic carbocycles. The van der Waals surface area contributed by atoms with E-state index in [0.29, 0.717) is 51.4 Å². The van der Waals surface area contributed by atoms with E-state index in [1.807, 2.05) is 0 Å². The van der Waals surface area contributed by atoms with Crippen LogP contribution in [0.5, 0.6) is 0 Å². The van der Waals surface area contributed by atoms with Gasteiger partial charge in [0.1, 0.15) is 16.0 Å². The van der Waals surface area contributed by atoms with Gasteiger partial charge in [-0.15, -0.1) is 22.7 Å². The molecule has 4 amide bonds. The number of fused-ring (bicyclic) bond motifs is 3. The monoisotopic (exact) mass is 897 g/mol. The summed E-state index contributed by atoms with van der Waals surface area (Å²) in [6, 6.07) is 10.8. The van der Waals surface area contributed by atoms with Crippen LogP contribution in [0, 0.1) is 11.8 Å². The summed E-state index contributed by atoms with van der Waals surface area (Å²) < 4.78 is 21.3. The lowest BCUT2D eigenvalue weighted by molar-refractivity contribution is -0.151. The SMILES string of the molecule is CCOC(=O)c1c(NC(=O)COC(=O)c2ccc3c(c2)C(=O)N([C@@H](Cc2ccccc2)C(=O)OCC(=O)Nc2sc4c(c2C(=O)OCC)CC[C@@H](C)C4)C3=O)sc2c1CC[C@@H](C)C2. The number of hydrogen-bond donors (Lipinski definition) is 2. The number of hydrogen-bond acceptors (Lipinski definition) is 14. The molecule has 0 fully saturated rings. The van der Waals surface area contributed by atoms with E-state index in [9.17, 15) is 38.4 Å². The van der Waals surface area contributed by atoms with Crippen LogP contribution in [0.3, 0.4) is 0 Å². The van der Waals surface area contributed by atoms with E-state index in [2.05, 4.69) is 24.5 Å². The Kier molecular flexibility index (Phi) is 13.9. The van der Waals surface area contributed by atoms with Crippen LogP contribution in [0.4, 0.5) is 10.0 Å². The fourth-order valence-electron chi connectivity index (χ4n) is 8.08. The molecular weight excluding hydrogens is 851 g/mol. The van der Waals surface area contributed by atoms with Gasteiger partial charge in [-0.3, -0.25) is 24.1 Å². The molecule has 4 aromatic rings. The summed E-state index contributed by atoms with van der Waals surface area (Å²) >= 11 is 2.58. The topological polar surface area (TPSA) is 201 Å². The number of nitrogens with one attached hydrogen (secondary N) is 2. The summed E-state index contributed by atoms with van der Waals surface area (Å²) in [6.45, 7) is 6.43. The summed E-state index contributed by atoms with van der Waals surface area (Å²) in [7, 11) is 0. The molecule has 3 atom stereocenters. The fraction of sp³-hybridized carbons (Fsp3) is 0.391. The van der Waals surface area contributed by atoms with Gasteiger partial charge in [0, 0.05) is 16.2 Å². The van der Waals surface area contributed by atoms with Crippen molar-refractivity contribution in [2.24, 2.45) is 11.8 Å². The van der Waals surface area contributed by atoms with Crippen LogP contribution in [0.15, 0.2) is 48.5 Å². The Balaban J connectivity index is 1.03. The largest absolute Gasteiger partial charge is 0.462 e. The molecule has 0 saturated heterocycles. The third-order valence-electron chi connectivity index (χ3n) is 11.2. The molecule has 2 aliphatic carbocycles. The Morgan fingerprint density at radius 3 is 1.75 bits per heavy atom. The minimum Gasteiger partial charge on any atom is -0.462 e. The highest BCUT2D eigenvalue weighted by atomic mass is 32.1. The predicted molar refractivity (Wildman–Crippen MR) is 232 cm³/mol. The van der Waals surface area contributed by atoms with Crippen LogP contribution >= 0.6 is 22.7 Å². The molecular formula is C46H47N3O12S2. The number of esters is 4. The van der Waals surface area contributed by atoms with Crippen LogP contribution in [0.2, 0.25) is 0 Å². The molecule has 330 valence electrons. The second-order valence-corrected chi connectivity index (χ2v) is 18.0. The Morgan fingerprint density at radius 2 is 1.21 bits per heavy atom. The second kappa shape index (κ2) is 19.5. The Labute approximate surface area is 371 Å². The number of anilines is 2. The lowest BCUT2D eigenvalue weighted by atomic mass is 9.88. The van der Waals surface area contributed by atoms with Crippen molar-refractivity contribution in [2.45, 2.75) is 78.7 Å². The van der Waals surface area contributed by atoms with Crippen molar-refractivity contribution in [3.63, 3.8) is 0 Å². The van der Waals surface area contributed by atoms with E-state index in [4.69, 9.17) is 18.9 Å². The lowest BCUT2D eigenvalue weighted by Gasteiger charge is -2.24. The minimum atomic E-state index is -1.51. The number of rotatable bonds is 15. The average Bonchev–Trinajstić information content (AvgIpc) is 3.88. The smallest absolute Gasteiger partial charge is 0.341 e. The molecule has 0 radical (unpaired) electrons. The maximum Gasteiger partial charge on any atom is 0.341 e. The van der Waals surface area contributed by atoms with Crippen LogP contribution < -0.4 is 10.6 Å². The second-order valence-electron chi connectivity index (χ2n) is 15.8. The zero-order valence-corrected chi connectivity index (χ0v) is 36.9. The van der Waals surface area contributed by atoms with Crippen LogP contribution in [0.1, 0.15) is 119 Å². The maximum absolute atomic E-state index is 14.0. The molecule has 63 heavy (non-hydrogen) atoms. The molecule has 0 saturated carbocycles. The van der Waals surface area contributed by atoms with Crippen molar-refractivity contribution in [1.82, 2.24) is 4.90 Å². The van der Waals surface area contributed by atoms with Crippen molar-refractivity contribution in [1.29, 1.82) is 0 Å². The molecule has 1 aliphatic heterocycles. The number of carbonyl (C=O) groups is 8. The number of carbonyl (C=O) groups excluding carboxylic acids is 8. The summed E-state index contributed by atoms with van der Waals surface area (Å²) in [6.07, 6.45) is 4.46. The zero-order chi connectivity index (χ0) is 44.9. The zero-order valence-electron chi connectivity index (χ0n) is 35.3. The first kappa shape index (κ1) is 44.8. The Hall–Kier alpha value is -6.20. The third kappa shape index (κ3) is 9.74. The highest BCUT2D eigenvalue weighted by Gasteiger charge is 2.44. The van der Waals surface area contributed by atoms with Gasteiger partial charge in [0.15, 0.2) is 13.2 Å². The number of imide groups is 1. The molecule has 0 bridgehead atoms. The molecule has 0 unspecified atom stereocenters. The Bertz CT molecular complexity index is 2490. The van der Waals surface area contributed by atoms with E-state index < -0.39 is 66.8 Å². The number of thiophene rings is 2. The van der Waals surface area contributed by atoms with Gasteiger partial charge < -0.3 is 29.6 Å². The highest BCUT2D eigenvalue weighted by Crippen LogP contribution is 2.41. The number of amides is 4. The molecule has 3 heterocycles. The van der Waals surface area contributed by atoms with E-state index in [0.717, 1.165) is 57.5 Å². The van der Waals surface area contributed by atoms with Gasteiger partial charge in [0.25, 0.3) is 23.6 Å². The van der Waals surface area contributed by atoms with Gasteiger partial charge in [-0.2, -0.15) is 0 Å². The quantitative estimate of drug-likeness (QED) is 0.0738. The fourth-order valence-corrected chi connectivity index (χ4v) is 10.9. The van der Waals surface area contributed by atoms with Crippen molar-refractivity contribution in [2.75, 3.05) is 37.1 Å². The normalized spacial score (nSPS) is 16.9. The summed E-state index contributed by atoms with van der Waals surface area (Å²) in [5.74, 6) is -5.41. The molecule has 2 N–H and O–H groups in total. The first-order valence-corrected chi connectivity index (χ1v) is 22.5. The van der Waals surface area contributed by atoms with Crippen LogP contribution in [-0.2, 0) is 65.4 Å². The average molecular weight is 898 g/mol. The highest BCUT2D eigenvalue weighted by molar-refractivity contribution is 7.17. The van der Waals surface area contributed by atoms with Crippen molar-refractivity contribution in [3.05, 3.63) is 103 Å². The number of nitrogens with zero attached hydrogens (tertiary/aromatic N) is 1. The van der Waals surface area contributed by atoms with Gasteiger partial charge in [0.2, 0.25) is 0 Å². The van der Waals surface area contributed by atoms with Crippen molar-refractivity contribution in [3.8, 4) is 0 Å². The summed E-state index contributed by atoms with van der Waals surface area (Å²) in [4.78, 5) is 110. The number of benzene rings is 2. The molecule has 3 aliphatic rings. The molecule has 7 rings (SSSR count). The standard InChI is InChI=1S/C46H47N3O12S2/c1-5-58-45(56)37-29-15-12-24(3)18-33(29)62-39(37)47-35(50)22-60-43(54)27-14-17-28-31(21-27)42(53)49(41(28)52)32(20-26-10-8-7-9-11-26)44(55)61-23-36(51)48-40-38(46(57)59-6-2)30-16-13-25(4)19-34(30)63-40/h7-11,14,17,21,24-25,32H,5-6,12-13,15-16,18-20,22-23H2,1-4H3,(H,47,50)(H,48,51)/t24-,25-,32+/m1/s1. The Morgan fingerprint density at radius 1 is 0.683 bits per heavy atom. The van der Waals surface area contributed by atoms with Gasteiger partial charge in [-0.25, -0.2) is 19.2 Å². The number of ether oxygens (including phenoxy) is 4. The molecule has 15 nitrogen and oxygen atoms in total. The first-order valence-electron chi connectivity index (χ1n) is 20.9. The van der Waals surface area contributed by atoms with Crippen LogP contribution in [-0.4, -0.2) is 84.9 Å². The van der Waals surface area contributed by atoms with Gasteiger partial charge in [-0.05, 0) is 99.1 Å². The van der Waals surface area contributed by atoms with Gasteiger partial charge >= 0.3 is 23.9 Å². The first-order chi connectivity index (χ1) is 30.3.